The number of nitrogens with one attached hydrogen (secondary N) is 6. The molecule has 0 amide bonds. The molecule has 0 radical (unpaired) electrons. The highest BCUT2D eigenvalue weighted by molar-refractivity contribution is 7.94. The largest absolute Gasteiger partial charge is 0.491 e. The minimum Gasteiger partial charge on any atom is -0.491 e. The first-order valence-electron chi connectivity index (χ1n) is 37.5. The van der Waals surface area contributed by atoms with Crippen LogP contribution in [0.5, 0.6) is 23.0 Å². The first kappa shape index (κ1) is 98.4. The van der Waals surface area contributed by atoms with Crippen LogP contribution in [0.3, 0.4) is 0 Å². The van der Waals surface area contributed by atoms with E-state index in [1.165, 1.54) is 72.8 Å². The second-order valence-electron chi connectivity index (χ2n) is 26.3. The number of nitrogens with zero attached hydrogens (tertiary/aromatic N) is 14. The predicted octanol–water partition coefficient (Wildman–Crippen LogP) is 14.8. The van der Waals surface area contributed by atoms with Crippen molar-refractivity contribution in [3.8, 4) is 23.0 Å². The van der Waals surface area contributed by atoms with Crippen LogP contribution in [0.4, 0.5) is 104 Å². The Morgan fingerprint density at radius 1 is 0.295 bits per heavy atom. The van der Waals surface area contributed by atoms with E-state index in [1.54, 1.807) is 0 Å². The predicted molar refractivity (Wildman–Crippen MR) is 461 cm³/mol. The summed E-state index contributed by atoms with van der Waals surface area (Å²) < 4.78 is 100.0. The number of azo groups is 4. The van der Waals surface area contributed by atoms with Crippen LogP contribution in [0, 0.1) is 0 Å². The molecule has 2 heterocycles. The van der Waals surface area contributed by atoms with Crippen LogP contribution in [0.25, 0.3) is 0 Å². The van der Waals surface area contributed by atoms with Gasteiger partial charge in [-0.25, -0.2) is 48.9 Å². The van der Waals surface area contributed by atoms with Gasteiger partial charge in [-0.2, -0.15) is 87.7 Å². The van der Waals surface area contributed by atoms with Gasteiger partial charge in [0.25, 0.3) is 20.2 Å². The first-order valence-corrected chi connectivity index (χ1v) is 42.5. The van der Waals surface area contributed by atoms with Crippen molar-refractivity contribution < 1.29 is 153 Å². The summed E-state index contributed by atoms with van der Waals surface area (Å²) in [6.07, 6.45) is -0.0737. The zero-order chi connectivity index (χ0) is 95.0. The Bertz CT molecular complexity index is 5840. The second kappa shape index (κ2) is 47.3. The number of benzene rings is 8. The quantitative estimate of drug-likeness (QED) is 0.00420. The Morgan fingerprint density at radius 3 is 0.720 bits per heavy atom. The maximum atomic E-state index is 12.0. The molecule has 0 aliphatic heterocycles. The normalized spacial score (nSPS) is 11.5. The molecule has 8 aromatic carbocycles. The molecule has 10 rings (SSSR count). The first-order chi connectivity index (χ1) is 63.1. The number of rotatable bonds is 53. The standard InChI is InChI=1S/C76H70N20O32S4/c97-63(98)39-23-40(64(99)100)28-51(27-39)93-89-47-5-9-55(59(35-47)121-15-1-19-129-127-125-113)79-73-83-71(85-75(87-73)81-57-11-7-49(37-61(57)123-17-3-21-131(115,116)117)91-95-53-31-43(67(105)106)25-44(32-53)68(107)108)77-13-14-78-72-84-74(80-56-10-6-48(36-60(56)122-16-2-20-130-128-126-114)90-94-52-29-41(65(101)102)24-42(30-52)66(103)104)88-76(86-72)82-58-12-8-50(38-62(58)124-18-4-22-132(118,119)120)92-96-54-33-45(69(109)110)26-46(34-54)70(111)112/h5-12,23-38,113-114H,1-4,13-22H2,(H,97,98)(H,99,100)(H,101,102)(H,103,104)(H,105,106)(H,107,108)(H,109,110)(H,111,112)(H,115,116,117)(H,118,119,120)(H3,77,79,81,83,85,87)(H3,78,80,82,84,86,88). The lowest BCUT2D eigenvalue weighted by Crippen LogP contribution is -2.18. The summed E-state index contributed by atoms with van der Waals surface area (Å²) >= 11 is 1.45. The molecule has 0 atom stereocenters. The third-order valence-electron chi connectivity index (χ3n) is 16.6. The molecule has 56 heteroatoms. The molecule has 0 saturated heterocycles. The summed E-state index contributed by atoms with van der Waals surface area (Å²) in [6.45, 7) is -1.25. The van der Waals surface area contributed by atoms with Gasteiger partial charge in [-0.05, 0) is 147 Å². The van der Waals surface area contributed by atoms with Crippen molar-refractivity contribution in [2.24, 2.45) is 40.9 Å². The van der Waals surface area contributed by atoms with Gasteiger partial charge in [-0.1, -0.05) is 10.1 Å². The van der Waals surface area contributed by atoms with Crippen molar-refractivity contribution >= 4 is 196 Å². The third-order valence-corrected chi connectivity index (χ3v) is 19.4. The van der Waals surface area contributed by atoms with E-state index in [9.17, 15) is 105 Å². The Balaban J connectivity index is 1.04. The van der Waals surface area contributed by atoms with Gasteiger partial charge in [-0.3, -0.25) is 9.11 Å². The highest BCUT2D eigenvalue weighted by Gasteiger charge is 2.23. The Kier molecular flexibility index (Phi) is 35.3. The summed E-state index contributed by atoms with van der Waals surface area (Å²) in [5, 5.41) is 154. The number of carboxylic acids is 8. The highest BCUT2D eigenvalue weighted by atomic mass is 32.2. The lowest BCUT2D eigenvalue weighted by molar-refractivity contribution is -0.432. The number of carbonyl (C=O) groups is 8. The summed E-state index contributed by atoms with van der Waals surface area (Å²) in [5.74, 6) is -14.6. The highest BCUT2D eigenvalue weighted by Crippen LogP contribution is 2.40. The van der Waals surface area contributed by atoms with E-state index < -0.39 is 124 Å². The van der Waals surface area contributed by atoms with Crippen LogP contribution in [0.15, 0.2) is 187 Å². The van der Waals surface area contributed by atoms with E-state index >= 15 is 0 Å². The SMILES string of the molecule is O=C(O)c1cc(N=Nc2ccc(Nc3nc(NCCNc4nc(Nc5ccc(N=Nc6cc(C(=O)O)cc(C(=O)O)c6)cc5OCCCSOOO)nc(Nc5ccc(N=Nc6cc(C(=O)O)cc(C(=O)O)c6)cc5OCCCS(=O)(=O)O)n4)nc(Nc4ccc(N=Nc5cc(C(=O)O)cc(C(=O)O)c5)cc4OCCCS(=O)(=O)O)n3)c(OCCCSOOO)c2)cc(C(=O)O)c1. The molecule has 0 spiro atoms. The summed E-state index contributed by atoms with van der Waals surface area (Å²) in [7, 11) is -9.02. The molecule has 0 unspecified atom stereocenters. The van der Waals surface area contributed by atoms with Crippen LogP contribution in [0.2, 0.25) is 0 Å². The minimum atomic E-state index is -4.51. The van der Waals surface area contributed by atoms with Crippen molar-refractivity contribution in [2.45, 2.75) is 25.7 Å². The van der Waals surface area contributed by atoms with Gasteiger partial charge in [0, 0.05) is 72.9 Å². The Hall–Kier alpha value is -15.8. The monoisotopic (exact) mass is 1900 g/mol. The van der Waals surface area contributed by atoms with Crippen LogP contribution < -0.4 is 50.8 Å². The third kappa shape index (κ3) is 31.6. The number of carboxylic acid groups (broad SMARTS) is 8. The van der Waals surface area contributed by atoms with Crippen molar-refractivity contribution in [3.05, 3.63) is 190 Å². The van der Waals surface area contributed by atoms with Crippen molar-refractivity contribution in [1.82, 2.24) is 29.9 Å². The van der Waals surface area contributed by atoms with E-state index in [2.05, 4.69) is 121 Å². The zero-order valence-corrected chi connectivity index (χ0v) is 70.4. The van der Waals surface area contributed by atoms with E-state index in [1.807, 2.05) is 0 Å². The number of aromatic carboxylic acids is 8. The molecule has 2 aromatic heterocycles. The van der Waals surface area contributed by atoms with Gasteiger partial charge in [0.05, 0.1) is 151 Å². The summed E-state index contributed by atoms with van der Waals surface area (Å²) in [5.41, 5.74) is -3.66. The van der Waals surface area contributed by atoms with E-state index in [0.717, 1.165) is 96.9 Å². The lowest BCUT2D eigenvalue weighted by Gasteiger charge is -2.17. The lowest BCUT2D eigenvalue weighted by atomic mass is 10.1. The molecule has 0 saturated carbocycles. The molecule has 0 fully saturated rings. The van der Waals surface area contributed by atoms with Gasteiger partial charge in [0.1, 0.15) is 23.0 Å². The topological polar surface area (TPSA) is 770 Å². The van der Waals surface area contributed by atoms with Gasteiger partial charge >= 0.3 is 47.8 Å². The molecule has 690 valence electrons. The molecule has 0 aliphatic carbocycles. The molecule has 0 bridgehead atoms. The van der Waals surface area contributed by atoms with E-state index in [4.69, 9.17) is 29.5 Å². The average molecular weight is 1900 g/mol. The average Bonchev–Trinajstić information content (AvgIpc) is 0.812. The Morgan fingerprint density at radius 2 is 0.508 bits per heavy atom. The Labute approximate surface area is 749 Å². The molecule has 132 heavy (non-hydrogen) atoms. The molecule has 52 nitrogen and oxygen atoms in total. The van der Waals surface area contributed by atoms with Crippen LogP contribution in [0.1, 0.15) is 109 Å². The van der Waals surface area contributed by atoms with Crippen molar-refractivity contribution in [3.63, 3.8) is 0 Å². The van der Waals surface area contributed by atoms with Crippen molar-refractivity contribution in [2.75, 3.05) is 94.4 Å². The zero-order valence-electron chi connectivity index (χ0n) is 67.2. The van der Waals surface area contributed by atoms with Crippen molar-refractivity contribution in [1.29, 1.82) is 0 Å². The van der Waals surface area contributed by atoms with Gasteiger partial charge in [0.2, 0.25) is 35.7 Å². The number of hydrogen-bond donors (Lipinski definition) is 18. The van der Waals surface area contributed by atoms with Crippen LogP contribution >= 0.6 is 24.1 Å². The molecular formula is C76H70N20O32S4. The van der Waals surface area contributed by atoms with E-state index in [-0.39, 0.29) is 204 Å². The minimum absolute atomic E-state index is 0.00576. The van der Waals surface area contributed by atoms with Gasteiger partial charge < -0.3 is 91.7 Å². The van der Waals surface area contributed by atoms with E-state index in [0.29, 0.717) is 0 Å². The number of hydrogen-bond acceptors (Lipinski definition) is 44. The summed E-state index contributed by atoms with van der Waals surface area (Å²) in [4.78, 5) is 123. The van der Waals surface area contributed by atoms with Crippen LogP contribution in [-0.2, 0) is 39.0 Å². The van der Waals surface area contributed by atoms with Gasteiger partial charge in [0.15, 0.2) is 0 Å². The number of anilines is 10. The molecule has 0 aliphatic rings. The maximum Gasteiger partial charge on any atom is 0.335 e. The smallest absolute Gasteiger partial charge is 0.335 e. The molecular weight excluding hydrogens is 1830 g/mol. The second-order valence-corrected chi connectivity index (χ2v) is 31.0. The van der Waals surface area contributed by atoms with Crippen LogP contribution in [-0.4, -0.2) is 217 Å². The number of ether oxygens (including phenoxy) is 4. The summed E-state index contributed by atoms with van der Waals surface area (Å²) in [6, 6.07) is 28.8. The fraction of sp³-hybridized carbons (Fsp3) is 0.184. The molecule has 10 aromatic rings. The van der Waals surface area contributed by atoms with Gasteiger partial charge in [-0.15, -0.1) is 8.67 Å². The maximum absolute atomic E-state index is 12.0. The molecule has 18 N–H and O–H groups in total. The fourth-order valence-corrected chi connectivity index (χ4v) is 12.5. The fourth-order valence-electron chi connectivity index (χ4n) is 10.8. The number of aromatic nitrogens is 6.